The van der Waals surface area contributed by atoms with Crippen LogP contribution in [0.3, 0.4) is 0 Å². The van der Waals surface area contributed by atoms with Gasteiger partial charge in [-0.15, -0.1) is 0 Å². The smallest absolute Gasteiger partial charge is 0.278 e. The second-order valence-corrected chi connectivity index (χ2v) is 5.06. The van der Waals surface area contributed by atoms with Gasteiger partial charge in [0.15, 0.2) is 11.2 Å². The van der Waals surface area contributed by atoms with Crippen molar-refractivity contribution in [2.75, 3.05) is 13.3 Å². The molecule has 2 aromatic rings. The summed E-state index contributed by atoms with van der Waals surface area (Å²) in [6.45, 7) is 2.61. The Bertz CT molecular complexity index is 626. The molecule has 3 atom stereocenters. The van der Waals surface area contributed by atoms with Crippen LogP contribution in [0.2, 0.25) is 0 Å². The summed E-state index contributed by atoms with van der Waals surface area (Å²) in [5.74, 6) is 0. The van der Waals surface area contributed by atoms with Gasteiger partial charge in [0.25, 0.3) is 5.56 Å². The average molecular weight is 282 g/mol. The molecule has 1 N–H and O–H groups in total. The molecule has 0 spiro atoms. The van der Waals surface area contributed by atoms with Gasteiger partial charge in [0, 0.05) is 8.81 Å². The van der Waals surface area contributed by atoms with E-state index in [4.69, 9.17) is 9.26 Å². The first-order valence-electron chi connectivity index (χ1n) is 6.14. The second kappa shape index (κ2) is 5.36. The zero-order chi connectivity index (χ0) is 13.2. The lowest BCUT2D eigenvalue weighted by molar-refractivity contribution is -0.0135. The molecule has 3 rings (SSSR count). The molecule has 7 nitrogen and oxygen atoms in total. The molecule has 8 heteroatoms. The van der Waals surface area contributed by atoms with Gasteiger partial charge in [-0.2, -0.15) is 0 Å². The summed E-state index contributed by atoms with van der Waals surface area (Å²) in [6.07, 6.45) is 4.81. The average Bonchev–Trinajstić information content (AvgIpc) is 3.02. The van der Waals surface area contributed by atoms with E-state index < -0.39 is 0 Å². The summed E-state index contributed by atoms with van der Waals surface area (Å²) in [7, 11) is 0.475. The zero-order valence-corrected chi connectivity index (χ0v) is 11.5. The maximum Gasteiger partial charge on any atom is 0.278 e. The van der Waals surface area contributed by atoms with E-state index in [0.29, 0.717) is 26.6 Å². The van der Waals surface area contributed by atoms with Crippen LogP contribution in [-0.4, -0.2) is 38.9 Å². The van der Waals surface area contributed by atoms with Gasteiger partial charge in [-0.3, -0.25) is 9.36 Å². The Kier molecular flexibility index (Phi) is 3.59. The van der Waals surface area contributed by atoms with Crippen LogP contribution in [-0.2, 0) is 9.26 Å². The first-order valence-corrected chi connectivity index (χ1v) is 7.54. The normalized spacial score (nSPS) is 23.8. The molecule has 1 fully saturated rings. The van der Waals surface area contributed by atoms with Crippen LogP contribution in [0.1, 0.15) is 19.1 Å². The molecule has 0 aromatic carbocycles. The number of hydrogen-bond donors (Lipinski definition) is 1. The number of ether oxygens (including phenoxy) is 1. The molecule has 0 radical (unpaired) electrons. The molecular weight excluding hydrogens is 267 g/mol. The summed E-state index contributed by atoms with van der Waals surface area (Å²) in [5, 5.41) is 0. The SMILES string of the molecule is CPOCC1CCC(n2cnc3c(=O)[nH]cnc32)O1. The Balaban J connectivity index is 1.82. The summed E-state index contributed by atoms with van der Waals surface area (Å²) in [6, 6.07) is 0. The number of hydrogen-bond acceptors (Lipinski definition) is 5. The van der Waals surface area contributed by atoms with E-state index in [9.17, 15) is 4.79 Å². The molecule has 3 unspecified atom stereocenters. The molecule has 0 aliphatic carbocycles. The van der Waals surface area contributed by atoms with E-state index in [-0.39, 0.29) is 17.9 Å². The van der Waals surface area contributed by atoms with Crippen molar-refractivity contribution in [1.82, 2.24) is 19.5 Å². The molecule has 19 heavy (non-hydrogen) atoms. The number of aromatic nitrogens is 4. The predicted octanol–water partition coefficient (Wildman–Crippen LogP) is 1.04. The summed E-state index contributed by atoms with van der Waals surface area (Å²) < 4.78 is 13.1. The van der Waals surface area contributed by atoms with Crippen LogP contribution < -0.4 is 5.56 Å². The van der Waals surface area contributed by atoms with Gasteiger partial charge in [-0.05, 0) is 19.5 Å². The molecule has 1 aliphatic heterocycles. The fraction of sp³-hybridized carbons (Fsp3) is 0.545. The van der Waals surface area contributed by atoms with Gasteiger partial charge in [-0.1, -0.05) is 0 Å². The Morgan fingerprint density at radius 3 is 3.32 bits per heavy atom. The highest BCUT2D eigenvalue weighted by Gasteiger charge is 2.28. The third-order valence-corrected chi connectivity index (χ3v) is 3.63. The first-order chi connectivity index (χ1) is 9.29. The van der Waals surface area contributed by atoms with Crippen molar-refractivity contribution in [2.45, 2.75) is 25.2 Å². The Morgan fingerprint density at radius 1 is 1.58 bits per heavy atom. The number of rotatable bonds is 4. The Labute approximate surface area is 111 Å². The summed E-state index contributed by atoms with van der Waals surface area (Å²) >= 11 is 0. The topological polar surface area (TPSA) is 82.0 Å². The summed E-state index contributed by atoms with van der Waals surface area (Å²) in [4.78, 5) is 22.4. The van der Waals surface area contributed by atoms with Crippen molar-refractivity contribution in [3.63, 3.8) is 0 Å². The maximum atomic E-state index is 11.6. The highest BCUT2D eigenvalue weighted by atomic mass is 31.1. The van der Waals surface area contributed by atoms with Gasteiger partial charge in [0.2, 0.25) is 0 Å². The Hall–Kier alpha value is -1.30. The molecule has 2 aromatic heterocycles. The lowest BCUT2D eigenvalue weighted by Gasteiger charge is -2.14. The minimum atomic E-state index is -0.228. The van der Waals surface area contributed by atoms with Gasteiger partial charge < -0.3 is 14.2 Å². The third kappa shape index (κ3) is 2.41. The van der Waals surface area contributed by atoms with Crippen LogP contribution in [0, 0.1) is 0 Å². The molecule has 3 heterocycles. The molecule has 1 aliphatic rings. The molecule has 0 saturated carbocycles. The van der Waals surface area contributed by atoms with E-state index in [1.807, 2.05) is 11.2 Å². The van der Waals surface area contributed by atoms with Crippen molar-refractivity contribution in [1.29, 1.82) is 0 Å². The quantitative estimate of drug-likeness (QED) is 0.847. The number of fused-ring (bicyclic) bond motifs is 1. The van der Waals surface area contributed by atoms with E-state index in [1.165, 1.54) is 6.33 Å². The van der Waals surface area contributed by atoms with Crippen molar-refractivity contribution in [2.24, 2.45) is 0 Å². The zero-order valence-electron chi connectivity index (χ0n) is 10.5. The second-order valence-electron chi connectivity index (χ2n) is 4.36. The fourth-order valence-electron chi connectivity index (χ4n) is 2.26. The standard InChI is InChI=1S/C11H15N4O3P/c1-19-17-4-7-2-3-8(18-7)15-6-14-9-10(15)12-5-13-11(9)16/h5-8,19H,2-4H2,1H3,(H,12,13,16). The monoisotopic (exact) mass is 282 g/mol. The molecular formula is C11H15N4O3P. The van der Waals surface area contributed by atoms with Crippen LogP contribution in [0.4, 0.5) is 0 Å². The van der Waals surface area contributed by atoms with Crippen LogP contribution in [0.25, 0.3) is 11.2 Å². The number of nitrogens with one attached hydrogen (secondary N) is 1. The van der Waals surface area contributed by atoms with Crippen LogP contribution in [0.5, 0.6) is 0 Å². The lowest BCUT2D eigenvalue weighted by atomic mass is 10.2. The number of aromatic amines is 1. The van der Waals surface area contributed by atoms with Gasteiger partial charge in [0.05, 0.1) is 25.4 Å². The maximum absolute atomic E-state index is 11.6. The fourth-order valence-corrected chi connectivity index (χ4v) is 2.62. The van der Waals surface area contributed by atoms with Crippen molar-refractivity contribution in [3.05, 3.63) is 23.0 Å². The van der Waals surface area contributed by atoms with Crippen LogP contribution >= 0.6 is 8.81 Å². The Morgan fingerprint density at radius 2 is 2.47 bits per heavy atom. The molecule has 1 saturated heterocycles. The summed E-state index contributed by atoms with van der Waals surface area (Å²) in [5.41, 5.74) is 0.683. The highest BCUT2D eigenvalue weighted by molar-refractivity contribution is 7.31. The van der Waals surface area contributed by atoms with E-state index >= 15 is 0 Å². The molecule has 0 amide bonds. The predicted molar refractivity (Wildman–Crippen MR) is 71.5 cm³/mol. The number of nitrogens with zero attached hydrogens (tertiary/aromatic N) is 3. The van der Waals surface area contributed by atoms with E-state index in [1.54, 1.807) is 6.33 Å². The lowest BCUT2D eigenvalue weighted by Crippen LogP contribution is -2.15. The first kappa shape index (κ1) is 12.7. The minimum Gasteiger partial charge on any atom is -0.360 e. The van der Waals surface area contributed by atoms with Crippen molar-refractivity contribution in [3.8, 4) is 0 Å². The van der Waals surface area contributed by atoms with Gasteiger partial charge >= 0.3 is 0 Å². The highest BCUT2D eigenvalue weighted by Crippen LogP contribution is 2.30. The molecule has 102 valence electrons. The minimum absolute atomic E-state index is 0.108. The van der Waals surface area contributed by atoms with Gasteiger partial charge in [-0.25, -0.2) is 9.97 Å². The number of H-pyrrole nitrogens is 1. The largest absolute Gasteiger partial charge is 0.360 e. The van der Waals surface area contributed by atoms with E-state index in [0.717, 1.165) is 12.8 Å². The van der Waals surface area contributed by atoms with Crippen molar-refractivity contribution >= 4 is 20.0 Å². The van der Waals surface area contributed by atoms with E-state index in [2.05, 4.69) is 15.0 Å². The third-order valence-electron chi connectivity index (χ3n) is 3.17. The van der Waals surface area contributed by atoms with Gasteiger partial charge in [0.1, 0.15) is 6.23 Å². The van der Waals surface area contributed by atoms with Crippen molar-refractivity contribution < 1.29 is 9.26 Å². The number of imidazole rings is 1. The van der Waals surface area contributed by atoms with Crippen LogP contribution in [0.15, 0.2) is 17.4 Å². The molecule has 0 bridgehead atoms.